The summed E-state index contributed by atoms with van der Waals surface area (Å²) in [5.74, 6) is -0.179. The highest BCUT2D eigenvalue weighted by molar-refractivity contribution is 5.96. The van der Waals surface area contributed by atoms with Gasteiger partial charge < -0.3 is 5.32 Å². The number of anilines is 1. The number of aromatic nitrogens is 3. The smallest absolute Gasteiger partial charge is 0.228 e. The van der Waals surface area contributed by atoms with Crippen molar-refractivity contribution in [3.8, 4) is 0 Å². The van der Waals surface area contributed by atoms with E-state index in [4.69, 9.17) is 0 Å². The molecule has 1 aliphatic carbocycles. The average Bonchev–Trinajstić information content (AvgIpc) is 3.31. The fourth-order valence-electron chi connectivity index (χ4n) is 3.17. The largest absolute Gasteiger partial charge is 0.324 e. The van der Waals surface area contributed by atoms with Gasteiger partial charge in [-0.3, -0.25) is 9.48 Å². The number of benzene rings is 1. The molecule has 0 radical (unpaired) electrons. The third-order valence-electron chi connectivity index (χ3n) is 4.56. The number of nitrogens with zero attached hydrogens (tertiary/aromatic N) is 3. The standard InChI is InChI=1S/C18H17FN4O/c1-10-14-7-13(9-20-17(14)23(2)22-10)21-18(24)16-8-15(16)11-3-5-12(19)6-4-11/h3-7,9,15-16H,8H2,1-2H3,(H,21,24)/t15-,16+/m0/s1. The molecular formula is C18H17FN4O. The van der Waals surface area contributed by atoms with Gasteiger partial charge in [0.05, 0.1) is 17.6 Å². The molecule has 2 atom stereocenters. The summed E-state index contributed by atoms with van der Waals surface area (Å²) in [6.45, 7) is 1.92. The second kappa shape index (κ2) is 5.40. The lowest BCUT2D eigenvalue weighted by molar-refractivity contribution is -0.117. The minimum absolute atomic E-state index is 0.0213. The number of carbonyl (C=O) groups is 1. The summed E-state index contributed by atoms with van der Waals surface area (Å²) in [4.78, 5) is 16.8. The van der Waals surface area contributed by atoms with Crippen molar-refractivity contribution in [2.45, 2.75) is 19.3 Å². The Morgan fingerprint density at radius 2 is 2.08 bits per heavy atom. The Labute approximate surface area is 138 Å². The Bertz CT molecular complexity index is 932. The molecule has 1 fully saturated rings. The monoisotopic (exact) mass is 324 g/mol. The molecule has 6 heteroatoms. The van der Waals surface area contributed by atoms with Gasteiger partial charge in [0.15, 0.2) is 5.65 Å². The van der Waals surface area contributed by atoms with E-state index in [9.17, 15) is 9.18 Å². The van der Waals surface area contributed by atoms with Crippen molar-refractivity contribution in [2.24, 2.45) is 13.0 Å². The van der Waals surface area contributed by atoms with Gasteiger partial charge >= 0.3 is 0 Å². The van der Waals surface area contributed by atoms with Crippen molar-refractivity contribution in [2.75, 3.05) is 5.32 Å². The lowest BCUT2D eigenvalue weighted by Crippen LogP contribution is -2.14. The van der Waals surface area contributed by atoms with E-state index in [0.29, 0.717) is 5.69 Å². The first-order chi connectivity index (χ1) is 11.5. The first-order valence-electron chi connectivity index (χ1n) is 7.88. The Morgan fingerprint density at radius 1 is 1.33 bits per heavy atom. The molecule has 0 saturated heterocycles. The molecule has 0 bridgehead atoms. The van der Waals surface area contributed by atoms with Crippen molar-refractivity contribution in [1.82, 2.24) is 14.8 Å². The third-order valence-corrected chi connectivity index (χ3v) is 4.56. The van der Waals surface area contributed by atoms with Crippen LogP contribution in [0.15, 0.2) is 36.5 Å². The van der Waals surface area contributed by atoms with Gasteiger partial charge in [0.25, 0.3) is 0 Å². The van der Waals surface area contributed by atoms with Gasteiger partial charge in [-0.15, -0.1) is 0 Å². The van der Waals surface area contributed by atoms with Crippen LogP contribution >= 0.6 is 0 Å². The summed E-state index contributed by atoms with van der Waals surface area (Å²) in [6, 6.07) is 8.27. The average molecular weight is 324 g/mol. The number of aryl methyl sites for hydroxylation is 2. The number of carbonyl (C=O) groups excluding carboxylic acids is 1. The molecule has 1 saturated carbocycles. The highest BCUT2D eigenvalue weighted by atomic mass is 19.1. The zero-order valence-electron chi connectivity index (χ0n) is 13.5. The lowest BCUT2D eigenvalue weighted by Gasteiger charge is -2.05. The molecule has 0 aliphatic heterocycles. The van der Waals surface area contributed by atoms with Gasteiger partial charge in [-0.1, -0.05) is 12.1 Å². The Balaban J connectivity index is 1.49. The maximum absolute atomic E-state index is 13.0. The lowest BCUT2D eigenvalue weighted by atomic mass is 10.1. The van der Waals surface area contributed by atoms with Gasteiger partial charge in [0.2, 0.25) is 5.91 Å². The third kappa shape index (κ3) is 2.54. The first kappa shape index (κ1) is 14.8. The van der Waals surface area contributed by atoms with Crippen molar-refractivity contribution < 1.29 is 9.18 Å². The number of halogens is 1. The van der Waals surface area contributed by atoms with Gasteiger partial charge in [-0.25, -0.2) is 9.37 Å². The van der Waals surface area contributed by atoms with Crippen LogP contribution in [-0.4, -0.2) is 20.7 Å². The van der Waals surface area contributed by atoms with Gasteiger partial charge in [-0.2, -0.15) is 5.10 Å². The minimum atomic E-state index is -0.258. The zero-order valence-corrected chi connectivity index (χ0v) is 13.5. The second-order valence-corrected chi connectivity index (χ2v) is 6.29. The van der Waals surface area contributed by atoms with Crippen LogP contribution in [0.3, 0.4) is 0 Å². The molecule has 0 unspecified atom stereocenters. The van der Waals surface area contributed by atoms with Crippen molar-refractivity contribution in [3.05, 3.63) is 53.6 Å². The Hall–Kier alpha value is -2.76. The zero-order chi connectivity index (χ0) is 16.8. The van der Waals surface area contributed by atoms with Crippen molar-refractivity contribution >= 4 is 22.6 Å². The number of nitrogens with one attached hydrogen (secondary N) is 1. The molecule has 5 nitrogen and oxygen atoms in total. The maximum Gasteiger partial charge on any atom is 0.228 e. The first-order valence-corrected chi connectivity index (χ1v) is 7.88. The second-order valence-electron chi connectivity index (χ2n) is 6.29. The molecule has 3 aromatic rings. The predicted molar refractivity (Wildman–Crippen MR) is 89.1 cm³/mol. The summed E-state index contributed by atoms with van der Waals surface area (Å²) in [5.41, 5.74) is 3.36. The molecule has 1 amide bonds. The molecule has 1 aromatic carbocycles. The van der Waals surface area contributed by atoms with E-state index in [1.165, 1.54) is 12.1 Å². The van der Waals surface area contributed by atoms with Crippen LogP contribution in [0.5, 0.6) is 0 Å². The van der Waals surface area contributed by atoms with E-state index in [1.807, 2.05) is 20.0 Å². The van der Waals surface area contributed by atoms with Crippen LogP contribution in [0.1, 0.15) is 23.6 Å². The molecule has 122 valence electrons. The summed E-state index contributed by atoms with van der Waals surface area (Å²) in [5, 5.41) is 8.19. The fourth-order valence-corrected chi connectivity index (χ4v) is 3.17. The van der Waals surface area contributed by atoms with Crippen LogP contribution in [0.25, 0.3) is 11.0 Å². The molecular weight excluding hydrogens is 307 g/mol. The number of fused-ring (bicyclic) bond motifs is 1. The summed E-state index contributed by atoms with van der Waals surface area (Å²) >= 11 is 0. The van der Waals surface area contributed by atoms with E-state index in [-0.39, 0.29) is 23.6 Å². The van der Waals surface area contributed by atoms with Gasteiger partial charge in [-0.05, 0) is 43.0 Å². The van der Waals surface area contributed by atoms with E-state index in [1.54, 1.807) is 23.0 Å². The number of hydrogen-bond acceptors (Lipinski definition) is 3. The highest BCUT2D eigenvalue weighted by Gasteiger charge is 2.43. The molecule has 2 aromatic heterocycles. The van der Waals surface area contributed by atoms with Gasteiger partial charge in [0.1, 0.15) is 5.82 Å². The van der Waals surface area contributed by atoms with Crippen molar-refractivity contribution in [3.63, 3.8) is 0 Å². The topological polar surface area (TPSA) is 59.8 Å². The normalized spacial score (nSPS) is 19.5. The quantitative estimate of drug-likeness (QED) is 0.805. The van der Waals surface area contributed by atoms with Crippen LogP contribution in [0.4, 0.5) is 10.1 Å². The Kier molecular flexibility index (Phi) is 3.33. The molecule has 24 heavy (non-hydrogen) atoms. The van der Waals surface area contributed by atoms with Crippen LogP contribution < -0.4 is 5.32 Å². The highest BCUT2D eigenvalue weighted by Crippen LogP contribution is 2.48. The van der Waals surface area contributed by atoms with Crippen LogP contribution in [-0.2, 0) is 11.8 Å². The summed E-state index contributed by atoms with van der Waals surface area (Å²) < 4.78 is 14.7. The van der Waals surface area contributed by atoms with E-state index in [2.05, 4.69) is 15.4 Å². The molecule has 1 aliphatic rings. The predicted octanol–water partition coefficient (Wildman–Crippen LogP) is 3.16. The molecule has 1 N–H and O–H groups in total. The molecule has 0 spiro atoms. The number of hydrogen-bond donors (Lipinski definition) is 1. The van der Waals surface area contributed by atoms with Crippen LogP contribution in [0.2, 0.25) is 0 Å². The van der Waals surface area contributed by atoms with E-state index in [0.717, 1.165) is 28.7 Å². The number of rotatable bonds is 3. The summed E-state index contributed by atoms with van der Waals surface area (Å²) in [7, 11) is 1.85. The van der Waals surface area contributed by atoms with Crippen LogP contribution in [0, 0.1) is 18.7 Å². The molecule has 4 rings (SSSR count). The van der Waals surface area contributed by atoms with E-state index < -0.39 is 0 Å². The fraction of sp³-hybridized carbons (Fsp3) is 0.278. The number of amides is 1. The summed E-state index contributed by atoms with van der Waals surface area (Å²) in [6.07, 6.45) is 2.44. The number of pyridine rings is 1. The SMILES string of the molecule is Cc1nn(C)c2ncc(NC(=O)[C@@H]3C[C@H]3c3ccc(F)cc3)cc12. The maximum atomic E-state index is 13.0. The van der Waals surface area contributed by atoms with Gasteiger partial charge in [0, 0.05) is 18.4 Å². The Morgan fingerprint density at radius 3 is 2.83 bits per heavy atom. The molecule has 2 heterocycles. The van der Waals surface area contributed by atoms with Crippen molar-refractivity contribution in [1.29, 1.82) is 0 Å². The van der Waals surface area contributed by atoms with E-state index >= 15 is 0 Å². The minimum Gasteiger partial charge on any atom is -0.324 e.